The first-order valence-corrected chi connectivity index (χ1v) is 12.7. The quantitative estimate of drug-likeness (QED) is 0.394. The summed E-state index contributed by atoms with van der Waals surface area (Å²) in [5.74, 6) is -1.29. The highest BCUT2D eigenvalue weighted by Crippen LogP contribution is 2.35. The molecule has 10 nitrogen and oxygen atoms in total. The molecule has 1 saturated heterocycles. The number of carboxylic acid groups (broad SMARTS) is 2. The average Bonchev–Trinajstić information content (AvgIpc) is 3.23. The van der Waals surface area contributed by atoms with Crippen molar-refractivity contribution >= 4 is 61.7 Å². The maximum absolute atomic E-state index is 12.8. The smallest absolute Gasteiger partial charge is 0.341 e. The number of aliphatic carboxylic acids is 1. The molecule has 1 aliphatic rings. The number of rotatable bonds is 8. The molecule has 0 saturated carbocycles. The largest absolute Gasteiger partial charge is 0.480 e. The highest BCUT2D eigenvalue weighted by atomic mass is 33.1. The van der Waals surface area contributed by atoms with Gasteiger partial charge in [-0.3, -0.25) is 14.2 Å². The van der Waals surface area contributed by atoms with Crippen LogP contribution >= 0.6 is 32.9 Å². The Morgan fingerprint density at radius 1 is 1.38 bits per heavy atom. The van der Waals surface area contributed by atoms with Gasteiger partial charge in [-0.05, 0) is 18.6 Å². The second-order valence-electron chi connectivity index (χ2n) is 7.21. The van der Waals surface area contributed by atoms with Gasteiger partial charge in [-0.15, -0.1) is 11.3 Å². The van der Waals surface area contributed by atoms with E-state index in [2.05, 4.69) is 9.88 Å². The Morgan fingerprint density at radius 3 is 2.75 bits per heavy atom. The highest BCUT2D eigenvalue weighted by Gasteiger charge is 2.30. The van der Waals surface area contributed by atoms with Crippen molar-refractivity contribution in [2.24, 2.45) is 5.73 Å². The number of fused-ring (bicyclic) bond motifs is 1. The molecular weight excluding hydrogens is 474 g/mol. The van der Waals surface area contributed by atoms with E-state index >= 15 is 0 Å². The molecule has 168 valence electrons. The van der Waals surface area contributed by atoms with E-state index < -0.39 is 23.4 Å². The summed E-state index contributed by atoms with van der Waals surface area (Å²) < 4.78 is 1.55. The van der Waals surface area contributed by atoms with Crippen LogP contribution in [0.5, 0.6) is 0 Å². The van der Waals surface area contributed by atoms with Gasteiger partial charge >= 0.3 is 11.9 Å². The summed E-state index contributed by atoms with van der Waals surface area (Å²) in [4.78, 5) is 46.3. The lowest BCUT2D eigenvalue weighted by atomic mass is 10.1. The molecule has 4 heterocycles. The number of aromatic carboxylic acids is 1. The average molecular weight is 494 g/mol. The Morgan fingerprint density at radius 2 is 2.12 bits per heavy atom. The fraction of sp³-hybridized carbons (Fsp3) is 0.316. The molecule has 0 aliphatic carbocycles. The van der Waals surface area contributed by atoms with Crippen molar-refractivity contribution in [1.29, 1.82) is 0 Å². The zero-order chi connectivity index (χ0) is 23.0. The summed E-state index contributed by atoms with van der Waals surface area (Å²) in [7, 11) is 3.04. The number of carbonyl (C=O) groups is 2. The normalized spacial score (nSPS) is 15.0. The fourth-order valence-electron chi connectivity index (χ4n) is 3.24. The number of anilines is 1. The number of nitrogens with zero attached hydrogens (tertiary/aromatic N) is 4. The summed E-state index contributed by atoms with van der Waals surface area (Å²) in [6, 6.07) is 0.905. The van der Waals surface area contributed by atoms with E-state index in [9.17, 15) is 19.5 Å². The predicted molar refractivity (Wildman–Crippen MR) is 126 cm³/mol. The second-order valence-corrected chi connectivity index (χ2v) is 10.8. The minimum atomic E-state index is -1.30. The van der Waals surface area contributed by atoms with Crippen molar-refractivity contribution in [1.82, 2.24) is 14.5 Å². The van der Waals surface area contributed by atoms with Crippen LogP contribution in [-0.4, -0.2) is 66.8 Å². The second kappa shape index (κ2) is 9.10. The number of hydrogen-bond acceptors (Lipinski definition) is 10. The lowest BCUT2D eigenvalue weighted by Crippen LogP contribution is -2.49. The molecule has 13 heteroatoms. The first-order chi connectivity index (χ1) is 15.3. The van der Waals surface area contributed by atoms with Crippen LogP contribution in [0, 0.1) is 6.92 Å². The molecule has 0 bridgehead atoms. The van der Waals surface area contributed by atoms with Crippen molar-refractivity contribution in [2.75, 3.05) is 23.7 Å². The van der Waals surface area contributed by atoms with Gasteiger partial charge in [0.05, 0.1) is 10.6 Å². The van der Waals surface area contributed by atoms with E-state index in [1.54, 1.807) is 39.9 Å². The molecular formula is C19H19N5O5S3. The zero-order valence-electron chi connectivity index (χ0n) is 16.8. The third-order valence-electron chi connectivity index (χ3n) is 4.94. The Balaban J connectivity index is 1.61. The Labute approximate surface area is 193 Å². The standard InChI is InChI=1S/C19H19N5O5S3/c1-9-4-13(23-5-10(6-23)32-31-8-12(20)18(28)29)22-16-14(9)15(25)11(17(26)27)7-24(16)19-21-2-3-30-19/h2-4,7,10,12H,5-6,8,20H2,1H3,(H,26,27)(H,28,29)/t12-/m0/s1. The van der Waals surface area contributed by atoms with Crippen LogP contribution in [0.25, 0.3) is 16.2 Å². The number of aromatic nitrogens is 3. The lowest BCUT2D eigenvalue weighted by molar-refractivity contribution is -0.137. The first kappa shape index (κ1) is 22.6. The van der Waals surface area contributed by atoms with E-state index in [4.69, 9.17) is 15.8 Å². The molecule has 0 amide bonds. The van der Waals surface area contributed by atoms with Gasteiger partial charge in [0.15, 0.2) is 10.8 Å². The van der Waals surface area contributed by atoms with Crippen LogP contribution < -0.4 is 16.1 Å². The molecule has 1 fully saturated rings. The SMILES string of the molecule is Cc1cc(N2CC(SSC[C@H](N)C(=O)O)C2)nc2c1c(=O)c(C(=O)O)cn2-c1nccs1. The molecule has 0 unspecified atom stereocenters. The van der Waals surface area contributed by atoms with Crippen molar-refractivity contribution in [2.45, 2.75) is 18.2 Å². The van der Waals surface area contributed by atoms with Gasteiger partial charge in [0, 0.05) is 36.6 Å². The molecule has 0 aromatic carbocycles. The Bertz CT molecular complexity index is 1240. The minimum absolute atomic E-state index is 0.258. The Kier molecular flexibility index (Phi) is 6.42. The van der Waals surface area contributed by atoms with Crippen molar-refractivity contribution < 1.29 is 19.8 Å². The van der Waals surface area contributed by atoms with Crippen LogP contribution in [0.2, 0.25) is 0 Å². The third kappa shape index (κ3) is 4.33. The summed E-state index contributed by atoms with van der Waals surface area (Å²) >= 11 is 1.32. The van der Waals surface area contributed by atoms with E-state index in [1.807, 2.05) is 0 Å². The molecule has 1 atom stereocenters. The molecule has 0 radical (unpaired) electrons. The van der Waals surface area contributed by atoms with Gasteiger partial charge < -0.3 is 20.8 Å². The molecule has 0 spiro atoms. The van der Waals surface area contributed by atoms with E-state index in [-0.39, 0.29) is 10.9 Å². The van der Waals surface area contributed by atoms with Gasteiger partial charge in [-0.1, -0.05) is 21.6 Å². The summed E-state index contributed by atoms with van der Waals surface area (Å²) in [5, 5.41) is 21.2. The minimum Gasteiger partial charge on any atom is -0.480 e. The van der Waals surface area contributed by atoms with Gasteiger partial charge in [0.1, 0.15) is 17.4 Å². The van der Waals surface area contributed by atoms with Gasteiger partial charge in [-0.2, -0.15) is 0 Å². The fourth-order valence-corrected chi connectivity index (χ4v) is 6.52. The number of aryl methyl sites for hydroxylation is 1. The predicted octanol–water partition coefficient (Wildman–Crippen LogP) is 1.83. The van der Waals surface area contributed by atoms with Gasteiger partial charge in [0.2, 0.25) is 5.43 Å². The van der Waals surface area contributed by atoms with Crippen molar-refractivity contribution in [3.8, 4) is 5.13 Å². The molecule has 4 rings (SSSR count). The summed E-state index contributed by atoms with van der Waals surface area (Å²) in [5.41, 5.74) is 5.63. The highest BCUT2D eigenvalue weighted by molar-refractivity contribution is 8.77. The Hall–Kier alpha value is -2.61. The number of hydrogen-bond donors (Lipinski definition) is 3. The number of nitrogens with two attached hydrogens (primary N) is 1. The monoisotopic (exact) mass is 493 g/mol. The number of pyridine rings is 2. The van der Waals surface area contributed by atoms with E-state index in [1.165, 1.54) is 28.3 Å². The van der Waals surface area contributed by atoms with Crippen LogP contribution in [-0.2, 0) is 4.79 Å². The number of thiazole rings is 1. The topological polar surface area (TPSA) is 152 Å². The summed E-state index contributed by atoms with van der Waals surface area (Å²) in [6.07, 6.45) is 2.88. The molecule has 1 aliphatic heterocycles. The van der Waals surface area contributed by atoms with Crippen molar-refractivity contribution in [3.05, 3.63) is 45.2 Å². The molecule has 32 heavy (non-hydrogen) atoms. The van der Waals surface area contributed by atoms with E-state index in [0.717, 1.165) is 0 Å². The van der Waals surface area contributed by atoms with Crippen LogP contribution in [0.15, 0.2) is 28.6 Å². The van der Waals surface area contributed by atoms with Gasteiger partial charge in [-0.25, -0.2) is 14.8 Å². The molecule has 4 N–H and O–H groups in total. The maximum atomic E-state index is 12.8. The zero-order valence-corrected chi connectivity index (χ0v) is 19.2. The maximum Gasteiger partial charge on any atom is 0.341 e. The van der Waals surface area contributed by atoms with E-state index in [0.29, 0.717) is 46.3 Å². The summed E-state index contributed by atoms with van der Waals surface area (Å²) in [6.45, 7) is 3.20. The molecule has 3 aromatic heterocycles. The van der Waals surface area contributed by atoms with Gasteiger partial charge in [0.25, 0.3) is 0 Å². The lowest BCUT2D eigenvalue weighted by Gasteiger charge is -2.39. The van der Waals surface area contributed by atoms with Crippen molar-refractivity contribution in [3.63, 3.8) is 0 Å². The number of carboxylic acids is 2. The van der Waals surface area contributed by atoms with Crippen LogP contribution in [0.3, 0.4) is 0 Å². The third-order valence-corrected chi connectivity index (χ3v) is 8.54. The van der Waals surface area contributed by atoms with Crippen LogP contribution in [0.4, 0.5) is 5.82 Å². The first-order valence-electron chi connectivity index (χ1n) is 9.48. The van der Waals surface area contributed by atoms with Crippen LogP contribution in [0.1, 0.15) is 15.9 Å². The molecule has 3 aromatic rings.